The third kappa shape index (κ3) is 3.75. The van der Waals surface area contributed by atoms with E-state index >= 15 is 0 Å². The minimum atomic E-state index is 0.370. The van der Waals surface area contributed by atoms with Crippen molar-refractivity contribution >= 4 is 5.91 Å². The summed E-state index contributed by atoms with van der Waals surface area (Å²) in [7, 11) is 0. The second-order valence-electron chi connectivity index (χ2n) is 7.61. The molecule has 3 heteroatoms. The maximum Gasteiger partial charge on any atom is 0.222 e. The van der Waals surface area contributed by atoms with Crippen molar-refractivity contribution in [3.8, 4) is 0 Å². The van der Waals surface area contributed by atoms with Crippen LogP contribution in [0.25, 0.3) is 0 Å². The molecule has 3 nitrogen and oxygen atoms in total. The van der Waals surface area contributed by atoms with Crippen LogP contribution in [0.3, 0.4) is 0 Å². The van der Waals surface area contributed by atoms with Crippen molar-refractivity contribution in [1.82, 2.24) is 9.80 Å². The molecule has 0 aliphatic carbocycles. The summed E-state index contributed by atoms with van der Waals surface area (Å²) in [5, 5.41) is 0. The SMILES string of the molecule is CC(C)CC(=O)N1CCC2(CC1)CCN(C(C)C)CC2. The zero-order valence-corrected chi connectivity index (χ0v) is 13.8. The van der Waals surface area contributed by atoms with E-state index in [0.717, 1.165) is 13.1 Å². The summed E-state index contributed by atoms with van der Waals surface area (Å²) < 4.78 is 0. The summed E-state index contributed by atoms with van der Waals surface area (Å²) in [4.78, 5) is 16.8. The Balaban J connectivity index is 1.81. The topological polar surface area (TPSA) is 23.6 Å². The van der Waals surface area contributed by atoms with Crippen LogP contribution >= 0.6 is 0 Å². The van der Waals surface area contributed by atoms with Crippen LogP contribution < -0.4 is 0 Å². The maximum absolute atomic E-state index is 12.1. The highest BCUT2D eigenvalue weighted by Gasteiger charge is 2.38. The van der Waals surface area contributed by atoms with Crippen molar-refractivity contribution in [3.63, 3.8) is 0 Å². The van der Waals surface area contributed by atoms with Gasteiger partial charge in [0.2, 0.25) is 5.91 Å². The van der Waals surface area contributed by atoms with Gasteiger partial charge in [0.25, 0.3) is 0 Å². The highest BCUT2D eigenvalue weighted by Crippen LogP contribution is 2.41. The Labute approximate surface area is 124 Å². The molecule has 0 N–H and O–H groups in total. The molecule has 0 unspecified atom stereocenters. The number of amides is 1. The van der Waals surface area contributed by atoms with Crippen LogP contribution in [0.2, 0.25) is 0 Å². The Hall–Kier alpha value is -0.570. The molecule has 116 valence electrons. The van der Waals surface area contributed by atoms with Crippen molar-refractivity contribution in [2.75, 3.05) is 26.2 Å². The molecule has 2 aliphatic rings. The van der Waals surface area contributed by atoms with Crippen molar-refractivity contribution in [1.29, 1.82) is 0 Å². The molecule has 2 fully saturated rings. The van der Waals surface area contributed by atoms with Gasteiger partial charge >= 0.3 is 0 Å². The second-order valence-corrected chi connectivity index (χ2v) is 7.61. The summed E-state index contributed by atoms with van der Waals surface area (Å²) in [5.74, 6) is 0.849. The first kappa shape index (κ1) is 15.8. The van der Waals surface area contributed by atoms with Crippen LogP contribution in [0, 0.1) is 11.3 Å². The number of nitrogens with zero attached hydrogens (tertiary/aromatic N) is 2. The van der Waals surface area contributed by atoms with Crippen LogP contribution in [0.1, 0.15) is 59.8 Å². The van der Waals surface area contributed by atoms with Crippen molar-refractivity contribution < 1.29 is 4.79 Å². The molecule has 0 atom stereocenters. The molecule has 1 amide bonds. The molecule has 0 aromatic carbocycles. The molecular formula is C17H32N2O. The van der Waals surface area contributed by atoms with E-state index in [2.05, 4.69) is 37.5 Å². The smallest absolute Gasteiger partial charge is 0.222 e. The van der Waals surface area contributed by atoms with Gasteiger partial charge in [0, 0.05) is 25.6 Å². The van der Waals surface area contributed by atoms with Crippen molar-refractivity contribution in [3.05, 3.63) is 0 Å². The summed E-state index contributed by atoms with van der Waals surface area (Å²) in [6.07, 6.45) is 5.83. The fraction of sp³-hybridized carbons (Fsp3) is 0.941. The molecule has 0 aromatic heterocycles. The molecule has 20 heavy (non-hydrogen) atoms. The molecule has 2 rings (SSSR count). The van der Waals surface area contributed by atoms with Gasteiger partial charge in [-0.05, 0) is 64.0 Å². The lowest BCUT2D eigenvalue weighted by Gasteiger charge is -2.47. The van der Waals surface area contributed by atoms with Crippen LogP contribution in [0.5, 0.6) is 0 Å². The predicted molar refractivity (Wildman–Crippen MR) is 83.6 cm³/mol. The summed E-state index contributed by atoms with van der Waals surface area (Å²) >= 11 is 0. The Kier molecular flexibility index (Phi) is 5.11. The van der Waals surface area contributed by atoms with E-state index in [1.807, 2.05) is 0 Å². The van der Waals surface area contributed by atoms with Crippen molar-refractivity contribution in [2.45, 2.75) is 65.8 Å². The summed E-state index contributed by atoms with van der Waals surface area (Å²) in [6.45, 7) is 13.3. The van der Waals surface area contributed by atoms with E-state index in [9.17, 15) is 4.79 Å². The molecule has 2 saturated heterocycles. The number of carbonyl (C=O) groups excluding carboxylic acids is 1. The molecule has 0 aromatic rings. The van der Waals surface area contributed by atoms with Crippen LogP contribution in [-0.4, -0.2) is 47.9 Å². The summed E-state index contributed by atoms with van der Waals surface area (Å²) in [5.41, 5.74) is 0.542. The maximum atomic E-state index is 12.1. The van der Waals surface area contributed by atoms with E-state index in [1.54, 1.807) is 0 Å². The van der Waals surface area contributed by atoms with Gasteiger partial charge in [-0.1, -0.05) is 13.8 Å². The Bertz CT molecular complexity index is 320. The third-order valence-electron chi connectivity index (χ3n) is 5.35. The quantitative estimate of drug-likeness (QED) is 0.793. The van der Waals surface area contributed by atoms with Gasteiger partial charge in [0.05, 0.1) is 0 Å². The Morgan fingerprint density at radius 2 is 1.45 bits per heavy atom. The third-order valence-corrected chi connectivity index (χ3v) is 5.35. The molecule has 2 aliphatic heterocycles. The average molecular weight is 280 g/mol. The van der Waals surface area contributed by atoms with E-state index in [1.165, 1.54) is 38.8 Å². The van der Waals surface area contributed by atoms with Crippen LogP contribution in [-0.2, 0) is 4.79 Å². The standard InChI is InChI=1S/C17H32N2O/c1-14(2)13-16(20)19-11-7-17(8-12-19)5-9-18(10-6-17)15(3)4/h14-15H,5-13H2,1-4H3. The van der Waals surface area contributed by atoms with E-state index in [-0.39, 0.29) is 0 Å². The molecular weight excluding hydrogens is 248 g/mol. The fourth-order valence-corrected chi connectivity index (χ4v) is 3.72. The number of piperidine rings is 2. The number of hydrogen-bond acceptors (Lipinski definition) is 2. The van der Waals surface area contributed by atoms with Gasteiger partial charge in [-0.25, -0.2) is 0 Å². The monoisotopic (exact) mass is 280 g/mol. The minimum absolute atomic E-state index is 0.370. The molecule has 1 spiro atoms. The zero-order chi connectivity index (χ0) is 14.8. The van der Waals surface area contributed by atoms with E-state index in [0.29, 0.717) is 29.7 Å². The van der Waals surface area contributed by atoms with Gasteiger partial charge < -0.3 is 9.80 Å². The highest BCUT2D eigenvalue weighted by molar-refractivity contribution is 5.76. The van der Waals surface area contributed by atoms with Crippen LogP contribution in [0.4, 0.5) is 0 Å². The summed E-state index contributed by atoms with van der Waals surface area (Å²) in [6, 6.07) is 0.681. The Morgan fingerprint density at radius 1 is 0.950 bits per heavy atom. The van der Waals surface area contributed by atoms with Gasteiger partial charge in [0.1, 0.15) is 0 Å². The predicted octanol–water partition coefficient (Wildman–Crippen LogP) is 3.15. The van der Waals surface area contributed by atoms with Gasteiger partial charge in [-0.2, -0.15) is 0 Å². The number of carbonyl (C=O) groups is 1. The van der Waals surface area contributed by atoms with Gasteiger partial charge in [-0.3, -0.25) is 4.79 Å². The van der Waals surface area contributed by atoms with Gasteiger partial charge in [0.15, 0.2) is 0 Å². The Morgan fingerprint density at radius 3 is 1.90 bits per heavy atom. The van der Waals surface area contributed by atoms with Gasteiger partial charge in [-0.15, -0.1) is 0 Å². The molecule has 0 radical (unpaired) electrons. The van der Waals surface area contributed by atoms with Crippen LogP contribution in [0.15, 0.2) is 0 Å². The lowest BCUT2D eigenvalue weighted by Crippen LogP contribution is -2.49. The number of rotatable bonds is 3. The highest BCUT2D eigenvalue weighted by atomic mass is 16.2. The first-order valence-corrected chi connectivity index (χ1v) is 8.44. The first-order chi connectivity index (χ1) is 9.42. The molecule has 0 bridgehead atoms. The largest absolute Gasteiger partial charge is 0.343 e. The van der Waals surface area contributed by atoms with E-state index in [4.69, 9.17) is 0 Å². The number of likely N-dealkylation sites (tertiary alicyclic amines) is 2. The minimum Gasteiger partial charge on any atom is -0.343 e. The van der Waals surface area contributed by atoms with E-state index < -0.39 is 0 Å². The average Bonchev–Trinajstić information content (AvgIpc) is 2.39. The molecule has 2 heterocycles. The second kappa shape index (κ2) is 6.46. The lowest BCUT2D eigenvalue weighted by molar-refractivity contribution is -0.134. The first-order valence-electron chi connectivity index (χ1n) is 8.44. The zero-order valence-electron chi connectivity index (χ0n) is 13.8. The fourth-order valence-electron chi connectivity index (χ4n) is 3.72. The lowest BCUT2D eigenvalue weighted by atomic mass is 9.71. The normalized spacial score (nSPS) is 23.8. The number of hydrogen-bond donors (Lipinski definition) is 0. The molecule has 0 saturated carbocycles. The van der Waals surface area contributed by atoms with Crippen molar-refractivity contribution in [2.24, 2.45) is 11.3 Å².